The summed E-state index contributed by atoms with van der Waals surface area (Å²) < 4.78 is 1.62. The Morgan fingerprint density at radius 1 is 1.06 bits per heavy atom. The van der Waals surface area contributed by atoms with E-state index in [4.69, 9.17) is 11.6 Å². The Hall–Kier alpha value is -3.09. The van der Waals surface area contributed by atoms with Gasteiger partial charge >= 0.3 is 0 Å². The molecule has 5 nitrogen and oxygen atoms in total. The third-order valence-corrected chi connectivity index (χ3v) is 6.40. The Morgan fingerprint density at radius 3 is 2.55 bits per heavy atom. The van der Waals surface area contributed by atoms with Crippen molar-refractivity contribution in [3.8, 4) is 0 Å². The molecule has 0 aliphatic heterocycles. The molecule has 1 N–H and O–H groups in total. The fourth-order valence-electron chi connectivity index (χ4n) is 3.64. The predicted octanol–water partition coefficient (Wildman–Crippen LogP) is 5.95. The number of carbonyl (C=O) groups excluding carboxylic acids is 1. The van der Waals surface area contributed by atoms with Crippen LogP contribution < -0.4 is 10.9 Å². The van der Waals surface area contributed by atoms with E-state index in [1.165, 1.54) is 17.3 Å². The summed E-state index contributed by atoms with van der Waals surface area (Å²) in [5, 5.41) is 4.54. The van der Waals surface area contributed by atoms with E-state index in [1.807, 2.05) is 56.3 Å². The number of anilines is 1. The highest BCUT2D eigenvalue weighted by molar-refractivity contribution is 7.99. The van der Waals surface area contributed by atoms with E-state index in [0.717, 1.165) is 17.7 Å². The molecule has 0 spiro atoms. The molecule has 33 heavy (non-hydrogen) atoms. The van der Waals surface area contributed by atoms with E-state index in [1.54, 1.807) is 22.8 Å². The lowest BCUT2D eigenvalue weighted by Gasteiger charge is -2.16. The number of carbonyl (C=O) groups is 1. The normalized spacial score (nSPS) is 11.2. The van der Waals surface area contributed by atoms with E-state index in [-0.39, 0.29) is 23.3 Å². The summed E-state index contributed by atoms with van der Waals surface area (Å²) in [4.78, 5) is 30.5. The number of rotatable bonds is 7. The van der Waals surface area contributed by atoms with E-state index in [2.05, 4.69) is 22.4 Å². The van der Waals surface area contributed by atoms with Gasteiger partial charge in [-0.05, 0) is 55.7 Å². The number of fused-ring (bicyclic) bond motifs is 1. The molecule has 0 aliphatic carbocycles. The van der Waals surface area contributed by atoms with Crippen molar-refractivity contribution in [2.45, 2.75) is 31.5 Å². The maximum atomic E-state index is 13.0. The number of para-hydroxylation sites is 1. The molecular weight excluding hydrogens is 454 g/mol. The van der Waals surface area contributed by atoms with Gasteiger partial charge in [0.15, 0.2) is 5.16 Å². The number of thioether (sulfide) groups is 1. The zero-order chi connectivity index (χ0) is 23.4. The van der Waals surface area contributed by atoms with Gasteiger partial charge in [0.05, 0.1) is 16.7 Å². The van der Waals surface area contributed by atoms with E-state index < -0.39 is 0 Å². The summed E-state index contributed by atoms with van der Waals surface area (Å²) in [5.41, 5.74) is 3.39. The third-order valence-electron chi connectivity index (χ3n) is 5.21. The second-order valence-corrected chi connectivity index (χ2v) is 9.36. The molecule has 1 aromatic heterocycles. The van der Waals surface area contributed by atoms with Crippen LogP contribution in [0.15, 0.2) is 82.7 Å². The minimum absolute atomic E-state index is 0.0952. The monoisotopic (exact) mass is 477 g/mol. The van der Waals surface area contributed by atoms with E-state index in [0.29, 0.717) is 21.1 Å². The summed E-state index contributed by atoms with van der Waals surface area (Å²) in [7, 11) is 0. The number of halogens is 1. The van der Waals surface area contributed by atoms with Crippen LogP contribution in [0, 0.1) is 0 Å². The van der Waals surface area contributed by atoms with Crippen LogP contribution in [0.1, 0.15) is 31.0 Å². The number of hydrogen-bond acceptors (Lipinski definition) is 4. The van der Waals surface area contributed by atoms with Gasteiger partial charge in [0.25, 0.3) is 5.56 Å². The third kappa shape index (κ3) is 5.46. The molecule has 4 rings (SSSR count). The molecule has 0 bridgehead atoms. The summed E-state index contributed by atoms with van der Waals surface area (Å²) in [6, 6.07) is 22.9. The van der Waals surface area contributed by atoms with Gasteiger partial charge in [-0.2, -0.15) is 0 Å². The van der Waals surface area contributed by atoms with Gasteiger partial charge in [0.2, 0.25) is 5.91 Å². The van der Waals surface area contributed by atoms with Crippen molar-refractivity contribution in [2.24, 2.45) is 0 Å². The van der Waals surface area contributed by atoms with Gasteiger partial charge in [-0.3, -0.25) is 14.2 Å². The van der Waals surface area contributed by atoms with Gasteiger partial charge in [-0.25, -0.2) is 4.98 Å². The highest BCUT2D eigenvalue weighted by atomic mass is 35.5. The maximum absolute atomic E-state index is 13.0. The van der Waals surface area contributed by atoms with E-state index in [9.17, 15) is 9.59 Å². The quantitative estimate of drug-likeness (QED) is 0.264. The zero-order valence-corrected chi connectivity index (χ0v) is 20.0. The summed E-state index contributed by atoms with van der Waals surface area (Å²) in [5.74, 6) is -0.0264. The van der Waals surface area contributed by atoms with Crippen molar-refractivity contribution < 1.29 is 4.79 Å². The molecule has 0 unspecified atom stereocenters. The minimum Gasteiger partial charge on any atom is -0.325 e. The largest absolute Gasteiger partial charge is 0.325 e. The smallest absolute Gasteiger partial charge is 0.262 e. The first-order valence-electron chi connectivity index (χ1n) is 10.7. The second kappa shape index (κ2) is 10.2. The molecule has 3 aromatic carbocycles. The second-order valence-electron chi connectivity index (χ2n) is 7.98. The molecule has 0 fully saturated rings. The standard InChI is InChI=1S/C26H24ClN3O2S/c1-17(2)30-25(32)21-13-12-20(27)15-23(21)29-26(30)33-16-24(31)28-22-11-7-6-10-19(22)14-18-8-4-3-5-9-18/h3-13,15,17H,14,16H2,1-2H3,(H,28,31). The first kappa shape index (κ1) is 23.1. The maximum Gasteiger partial charge on any atom is 0.262 e. The van der Waals surface area contributed by atoms with Crippen LogP contribution in [0.4, 0.5) is 5.69 Å². The number of hydrogen-bond donors (Lipinski definition) is 1. The van der Waals surface area contributed by atoms with E-state index >= 15 is 0 Å². The predicted molar refractivity (Wildman–Crippen MR) is 136 cm³/mol. The van der Waals surface area contributed by atoms with Crippen molar-refractivity contribution in [1.82, 2.24) is 9.55 Å². The molecule has 0 saturated carbocycles. The fourth-order valence-corrected chi connectivity index (χ4v) is 4.73. The lowest BCUT2D eigenvalue weighted by Crippen LogP contribution is -2.25. The molecule has 4 aromatic rings. The molecule has 0 atom stereocenters. The number of nitrogens with one attached hydrogen (secondary N) is 1. The molecule has 0 saturated heterocycles. The van der Waals surface area contributed by atoms with Crippen molar-refractivity contribution in [3.05, 3.63) is 99.3 Å². The number of benzene rings is 3. The fraction of sp³-hybridized carbons (Fsp3) is 0.192. The summed E-state index contributed by atoms with van der Waals surface area (Å²) in [6.07, 6.45) is 0.727. The van der Waals surface area contributed by atoms with Gasteiger partial charge in [-0.15, -0.1) is 0 Å². The van der Waals surface area contributed by atoms with Crippen molar-refractivity contribution in [3.63, 3.8) is 0 Å². The number of amides is 1. The summed E-state index contributed by atoms with van der Waals surface area (Å²) in [6.45, 7) is 3.85. The molecule has 0 aliphatic rings. The molecular formula is C26H24ClN3O2S. The Morgan fingerprint density at radius 2 is 1.79 bits per heavy atom. The first-order chi connectivity index (χ1) is 15.9. The van der Waals surface area contributed by atoms with Crippen molar-refractivity contribution in [1.29, 1.82) is 0 Å². The lowest BCUT2D eigenvalue weighted by atomic mass is 10.0. The first-order valence-corrected chi connectivity index (χ1v) is 12.0. The minimum atomic E-state index is -0.156. The number of nitrogens with zero attached hydrogens (tertiary/aromatic N) is 2. The van der Waals surface area contributed by atoms with Crippen LogP contribution in [0.5, 0.6) is 0 Å². The molecule has 0 radical (unpaired) electrons. The van der Waals surface area contributed by atoms with Gasteiger partial charge < -0.3 is 5.32 Å². The Balaban J connectivity index is 1.53. The van der Waals surface area contributed by atoms with Gasteiger partial charge in [0.1, 0.15) is 0 Å². The highest BCUT2D eigenvalue weighted by Gasteiger charge is 2.16. The SMILES string of the molecule is CC(C)n1c(SCC(=O)Nc2ccccc2Cc2ccccc2)nc2cc(Cl)ccc2c1=O. The zero-order valence-electron chi connectivity index (χ0n) is 18.4. The topological polar surface area (TPSA) is 64.0 Å². The highest BCUT2D eigenvalue weighted by Crippen LogP contribution is 2.24. The van der Waals surface area contributed by atoms with Crippen molar-refractivity contribution in [2.75, 3.05) is 11.1 Å². The van der Waals surface area contributed by atoms with Crippen LogP contribution in [-0.2, 0) is 11.2 Å². The Kier molecular flexibility index (Phi) is 7.16. The Labute approximate surface area is 201 Å². The van der Waals surface area contributed by atoms with Crippen LogP contribution in [0.25, 0.3) is 10.9 Å². The van der Waals surface area contributed by atoms with Gasteiger partial charge in [-0.1, -0.05) is 71.9 Å². The summed E-state index contributed by atoms with van der Waals surface area (Å²) >= 11 is 7.34. The number of aromatic nitrogens is 2. The van der Waals surface area contributed by atoms with Crippen LogP contribution >= 0.6 is 23.4 Å². The molecule has 7 heteroatoms. The molecule has 1 heterocycles. The van der Waals surface area contributed by atoms with Crippen LogP contribution in [0.3, 0.4) is 0 Å². The molecule has 1 amide bonds. The van der Waals surface area contributed by atoms with Crippen LogP contribution in [0.2, 0.25) is 5.02 Å². The lowest BCUT2D eigenvalue weighted by molar-refractivity contribution is -0.113. The van der Waals surface area contributed by atoms with Crippen LogP contribution in [-0.4, -0.2) is 21.2 Å². The van der Waals surface area contributed by atoms with Crippen molar-refractivity contribution >= 4 is 45.9 Å². The average molecular weight is 478 g/mol. The Bertz CT molecular complexity index is 1350. The van der Waals surface area contributed by atoms with Gasteiger partial charge in [0, 0.05) is 16.8 Å². The molecule has 168 valence electrons. The average Bonchev–Trinajstić information content (AvgIpc) is 2.79.